The first-order valence-electron chi connectivity index (χ1n) is 9.46. The number of hydrogen-bond donors (Lipinski definition) is 1. The van der Waals surface area contributed by atoms with Crippen LogP contribution in [0.5, 0.6) is 0 Å². The van der Waals surface area contributed by atoms with Crippen LogP contribution in [0.15, 0.2) is 91.0 Å². The van der Waals surface area contributed by atoms with Crippen LogP contribution in [0, 0.1) is 0 Å². The zero-order valence-corrected chi connectivity index (χ0v) is 16.2. The lowest BCUT2D eigenvalue weighted by molar-refractivity contribution is 0.591. The van der Waals surface area contributed by atoms with Gasteiger partial charge in [-0.2, -0.15) is 0 Å². The standard InChI is InChI=1S/C26H25N/c1-26(2,3)21-16-20(17-23(18-21)27-22-12-5-4-6-13-22)25-15-9-11-19-10-7-8-14-24(19)25/h4-18,27H,1-3H3. The molecule has 0 spiro atoms. The molecular weight excluding hydrogens is 326 g/mol. The summed E-state index contributed by atoms with van der Waals surface area (Å²) in [6.45, 7) is 6.80. The fourth-order valence-electron chi connectivity index (χ4n) is 3.45. The summed E-state index contributed by atoms with van der Waals surface area (Å²) in [7, 11) is 0. The van der Waals surface area contributed by atoms with Crippen LogP contribution in [0.4, 0.5) is 11.4 Å². The Morgan fingerprint density at radius 2 is 1.33 bits per heavy atom. The average Bonchev–Trinajstić information content (AvgIpc) is 2.67. The number of para-hydroxylation sites is 1. The largest absolute Gasteiger partial charge is 0.356 e. The lowest BCUT2D eigenvalue weighted by atomic mass is 9.84. The van der Waals surface area contributed by atoms with E-state index >= 15 is 0 Å². The van der Waals surface area contributed by atoms with Crippen molar-refractivity contribution in [3.05, 3.63) is 96.6 Å². The van der Waals surface area contributed by atoms with Crippen LogP contribution in [0.1, 0.15) is 26.3 Å². The Bertz CT molecular complexity index is 1070. The molecule has 27 heavy (non-hydrogen) atoms. The summed E-state index contributed by atoms with van der Waals surface area (Å²) >= 11 is 0. The Morgan fingerprint density at radius 3 is 2.11 bits per heavy atom. The molecule has 0 bridgehead atoms. The van der Waals surface area contributed by atoms with Gasteiger partial charge in [0.05, 0.1) is 0 Å². The maximum Gasteiger partial charge on any atom is 0.0393 e. The van der Waals surface area contributed by atoms with Crippen LogP contribution in [0.3, 0.4) is 0 Å². The third kappa shape index (κ3) is 3.73. The molecule has 0 unspecified atom stereocenters. The van der Waals surface area contributed by atoms with E-state index in [0.717, 1.165) is 11.4 Å². The molecule has 0 aliphatic carbocycles. The summed E-state index contributed by atoms with van der Waals surface area (Å²) in [5.74, 6) is 0. The molecule has 0 radical (unpaired) electrons. The van der Waals surface area contributed by atoms with E-state index in [1.54, 1.807) is 0 Å². The Balaban J connectivity index is 1.88. The molecule has 4 aromatic rings. The Labute approximate surface area is 161 Å². The van der Waals surface area contributed by atoms with E-state index in [9.17, 15) is 0 Å². The van der Waals surface area contributed by atoms with Crippen LogP contribution >= 0.6 is 0 Å². The summed E-state index contributed by atoms with van der Waals surface area (Å²) in [4.78, 5) is 0. The normalized spacial score (nSPS) is 11.5. The Morgan fingerprint density at radius 1 is 0.630 bits per heavy atom. The predicted octanol–water partition coefficient (Wildman–Crippen LogP) is 7.55. The molecule has 4 aromatic carbocycles. The zero-order chi connectivity index (χ0) is 18.9. The van der Waals surface area contributed by atoms with Crippen molar-refractivity contribution in [2.45, 2.75) is 26.2 Å². The van der Waals surface area contributed by atoms with Crippen molar-refractivity contribution >= 4 is 22.1 Å². The van der Waals surface area contributed by atoms with Gasteiger partial charge in [-0.1, -0.05) is 87.5 Å². The molecule has 1 heteroatoms. The van der Waals surface area contributed by atoms with E-state index < -0.39 is 0 Å². The number of benzene rings is 4. The number of anilines is 2. The van der Waals surface area contributed by atoms with Crippen LogP contribution < -0.4 is 5.32 Å². The second kappa shape index (κ2) is 6.92. The van der Waals surface area contributed by atoms with Gasteiger partial charge in [-0.15, -0.1) is 0 Å². The van der Waals surface area contributed by atoms with Crippen LogP contribution in [-0.4, -0.2) is 0 Å². The maximum atomic E-state index is 3.57. The van der Waals surface area contributed by atoms with Crippen molar-refractivity contribution in [2.24, 2.45) is 0 Å². The quantitative estimate of drug-likeness (QED) is 0.402. The van der Waals surface area contributed by atoms with Gasteiger partial charge in [-0.05, 0) is 57.1 Å². The summed E-state index contributed by atoms with van der Waals surface area (Å²) in [6.07, 6.45) is 0. The highest BCUT2D eigenvalue weighted by atomic mass is 14.9. The summed E-state index contributed by atoms with van der Waals surface area (Å²) in [5, 5.41) is 6.14. The fraction of sp³-hybridized carbons (Fsp3) is 0.154. The van der Waals surface area contributed by atoms with Crippen molar-refractivity contribution in [2.75, 3.05) is 5.32 Å². The molecule has 4 rings (SSSR count). The van der Waals surface area contributed by atoms with Crippen molar-refractivity contribution in [3.63, 3.8) is 0 Å². The maximum absolute atomic E-state index is 3.57. The Kier molecular flexibility index (Phi) is 4.45. The fourth-order valence-corrected chi connectivity index (χ4v) is 3.45. The molecule has 0 aliphatic heterocycles. The molecule has 0 atom stereocenters. The monoisotopic (exact) mass is 351 g/mol. The van der Waals surface area contributed by atoms with Crippen molar-refractivity contribution in [1.29, 1.82) is 0 Å². The smallest absolute Gasteiger partial charge is 0.0393 e. The molecule has 0 aromatic heterocycles. The van der Waals surface area contributed by atoms with Gasteiger partial charge in [0.25, 0.3) is 0 Å². The van der Waals surface area contributed by atoms with E-state index in [2.05, 4.69) is 111 Å². The first kappa shape index (κ1) is 17.4. The Hall–Kier alpha value is -3.06. The molecular formula is C26H25N. The number of nitrogens with one attached hydrogen (secondary N) is 1. The van der Waals surface area contributed by atoms with Gasteiger partial charge in [-0.3, -0.25) is 0 Å². The van der Waals surface area contributed by atoms with Gasteiger partial charge >= 0.3 is 0 Å². The minimum atomic E-state index is 0.0771. The molecule has 0 saturated carbocycles. The summed E-state index contributed by atoms with van der Waals surface area (Å²) in [5.41, 5.74) is 6.15. The van der Waals surface area contributed by atoms with Crippen molar-refractivity contribution in [3.8, 4) is 11.1 Å². The summed E-state index contributed by atoms with van der Waals surface area (Å²) < 4.78 is 0. The minimum Gasteiger partial charge on any atom is -0.356 e. The molecule has 0 heterocycles. The van der Waals surface area contributed by atoms with E-state index in [-0.39, 0.29) is 5.41 Å². The van der Waals surface area contributed by atoms with Gasteiger partial charge < -0.3 is 5.32 Å². The predicted molar refractivity (Wildman–Crippen MR) is 118 cm³/mol. The van der Waals surface area contributed by atoms with Crippen LogP contribution in [0.2, 0.25) is 0 Å². The molecule has 0 saturated heterocycles. The topological polar surface area (TPSA) is 12.0 Å². The van der Waals surface area contributed by atoms with Crippen LogP contribution in [-0.2, 0) is 5.41 Å². The zero-order valence-electron chi connectivity index (χ0n) is 16.2. The van der Waals surface area contributed by atoms with Gasteiger partial charge in [-0.25, -0.2) is 0 Å². The highest BCUT2D eigenvalue weighted by molar-refractivity contribution is 5.97. The van der Waals surface area contributed by atoms with E-state index in [1.165, 1.54) is 27.5 Å². The van der Waals surface area contributed by atoms with Crippen molar-refractivity contribution < 1.29 is 0 Å². The molecule has 0 aliphatic rings. The van der Waals surface area contributed by atoms with Gasteiger partial charge in [0.15, 0.2) is 0 Å². The molecule has 1 nitrogen and oxygen atoms in total. The number of hydrogen-bond acceptors (Lipinski definition) is 1. The lowest BCUT2D eigenvalue weighted by Crippen LogP contribution is -2.11. The van der Waals surface area contributed by atoms with Gasteiger partial charge in [0.2, 0.25) is 0 Å². The van der Waals surface area contributed by atoms with E-state index in [4.69, 9.17) is 0 Å². The molecule has 1 N–H and O–H groups in total. The molecule has 0 fully saturated rings. The highest BCUT2D eigenvalue weighted by Crippen LogP contribution is 2.35. The van der Waals surface area contributed by atoms with E-state index in [0.29, 0.717) is 0 Å². The van der Waals surface area contributed by atoms with E-state index in [1.807, 2.05) is 6.07 Å². The van der Waals surface area contributed by atoms with Gasteiger partial charge in [0.1, 0.15) is 0 Å². The third-order valence-electron chi connectivity index (χ3n) is 4.96. The van der Waals surface area contributed by atoms with Crippen molar-refractivity contribution in [1.82, 2.24) is 0 Å². The van der Waals surface area contributed by atoms with Crippen LogP contribution in [0.25, 0.3) is 21.9 Å². The van der Waals surface area contributed by atoms with Gasteiger partial charge in [0, 0.05) is 11.4 Å². The number of rotatable bonds is 3. The second-order valence-electron chi connectivity index (χ2n) is 8.07. The SMILES string of the molecule is CC(C)(C)c1cc(Nc2ccccc2)cc(-c2cccc3ccccc23)c1. The third-order valence-corrected chi connectivity index (χ3v) is 4.96. The highest BCUT2D eigenvalue weighted by Gasteiger charge is 2.16. The first-order valence-corrected chi connectivity index (χ1v) is 9.46. The molecule has 0 amide bonds. The lowest BCUT2D eigenvalue weighted by Gasteiger charge is -2.22. The first-order chi connectivity index (χ1) is 13.0. The summed E-state index contributed by atoms with van der Waals surface area (Å²) in [6, 6.07) is 32.3. The minimum absolute atomic E-state index is 0.0771. The molecule has 134 valence electrons. The number of fused-ring (bicyclic) bond motifs is 1. The average molecular weight is 351 g/mol. The second-order valence-corrected chi connectivity index (χ2v) is 8.07.